The minimum Gasteiger partial charge on any atom is -0.378 e. The highest BCUT2D eigenvalue weighted by Crippen LogP contribution is 1.78. The quantitative estimate of drug-likeness (QED) is 0.307. The molecule has 0 aromatic rings. The second-order valence-corrected chi connectivity index (χ2v) is 2.04. The molecule has 11 heavy (non-hydrogen) atoms. The Hall–Kier alpha value is -0.200. The van der Waals surface area contributed by atoms with Gasteiger partial charge in [-0.25, -0.2) is 0 Å². The third-order valence-electron chi connectivity index (χ3n) is 0.923. The topological polar surface area (TPSA) is 90.7 Å². The largest absolute Gasteiger partial charge is 0.378 e. The predicted octanol–water partition coefficient (Wildman–Crippen LogP) is -1.74. The summed E-state index contributed by atoms with van der Waals surface area (Å²) in [6.07, 6.45) is -0.899. The lowest BCUT2D eigenvalue weighted by Crippen LogP contribution is -2.26. The van der Waals surface area contributed by atoms with Crippen molar-refractivity contribution in [2.24, 2.45) is 11.5 Å². The molecule has 5 N–H and O–H groups in total. The Morgan fingerprint density at radius 1 is 1.18 bits per heavy atom. The fraction of sp³-hybridized carbons (Fsp3) is 1.00. The van der Waals surface area contributed by atoms with Crippen molar-refractivity contribution in [2.45, 2.75) is 6.23 Å². The lowest BCUT2D eigenvalue weighted by Gasteiger charge is -2.05. The number of aliphatic hydroxyl groups is 1. The molecule has 68 valence electrons. The third-order valence-corrected chi connectivity index (χ3v) is 0.923. The Balaban J connectivity index is 2.80. The van der Waals surface area contributed by atoms with Crippen molar-refractivity contribution in [1.29, 1.82) is 0 Å². The van der Waals surface area contributed by atoms with E-state index in [0.717, 1.165) is 0 Å². The van der Waals surface area contributed by atoms with Crippen LogP contribution in [-0.2, 0) is 9.47 Å². The minimum absolute atomic E-state index is 0.145. The van der Waals surface area contributed by atoms with E-state index in [2.05, 4.69) is 0 Å². The van der Waals surface area contributed by atoms with Crippen LogP contribution in [0.15, 0.2) is 0 Å². The summed E-state index contributed by atoms with van der Waals surface area (Å²) in [7, 11) is 0. The first-order chi connectivity index (χ1) is 5.27. The van der Waals surface area contributed by atoms with Gasteiger partial charge in [0.15, 0.2) is 0 Å². The van der Waals surface area contributed by atoms with Gasteiger partial charge in [-0.1, -0.05) is 0 Å². The molecule has 0 radical (unpaired) electrons. The monoisotopic (exact) mass is 164 g/mol. The highest BCUT2D eigenvalue weighted by Gasteiger charge is 1.94. The minimum atomic E-state index is -0.899. The molecule has 5 heteroatoms. The normalized spacial score (nSPS) is 13.4. The SMILES string of the molecule is NCCOCCOC[C@H](N)O. The smallest absolute Gasteiger partial charge is 0.126 e. The molecule has 0 aromatic carbocycles. The molecule has 0 aliphatic carbocycles. The van der Waals surface area contributed by atoms with Crippen LogP contribution in [-0.4, -0.2) is 44.3 Å². The molecule has 0 rings (SSSR count). The lowest BCUT2D eigenvalue weighted by molar-refractivity contribution is 0.00734. The zero-order valence-corrected chi connectivity index (χ0v) is 6.53. The van der Waals surface area contributed by atoms with Crippen molar-refractivity contribution >= 4 is 0 Å². The van der Waals surface area contributed by atoms with E-state index in [-0.39, 0.29) is 6.61 Å². The molecule has 0 aliphatic rings. The highest BCUT2D eigenvalue weighted by atomic mass is 16.5. The summed E-state index contributed by atoms with van der Waals surface area (Å²) < 4.78 is 9.89. The number of aliphatic hydroxyl groups excluding tert-OH is 1. The summed E-state index contributed by atoms with van der Waals surface area (Å²) in [4.78, 5) is 0. The van der Waals surface area contributed by atoms with Crippen molar-refractivity contribution in [3.63, 3.8) is 0 Å². The van der Waals surface area contributed by atoms with Crippen LogP contribution < -0.4 is 11.5 Å². The summed E-state index contributed by atoms with van der Waals surface area (Å²) in [6, 6.07) is 0. The second-order valence-electron chi connectivity index (χ2n) is 2.04. The average Bonchev–Trinajstić information content (AvgIpc) is 1.96. The lowest BCUT2D eigenvalue weighted by atomic mass is 10.6. The predicted molar refractivity (Wildman–Crippen MR) is 40.9 cm³/mol. The van der Waals surface area contributed by atoms with Gasteiger partial charge in [0.25, 0.3) is 0 Å². The molecule has 0 aliphatic heterocycles. The van der Waals surface area contributed by atoms with Crippen LogP contribution in [0.1, 0.15) is 0 Å². The van der Waals surface area contributed by atoms with Crippen LogP contribution in [0.3, 0.4) is 0 Å². The van der Waals surface area contributed by atoms with Crippen molar-refractivity contribution < 1.29 is 14.6 Å². The number of ether oxygens (including phenoxy) is 2. The molecule has 5 nitrogen and oxygen atoms in total. The first-order valence-corrected chi connectivity index (χ1v) is 3.56. The van der Waals surface area contributed by atoms with Gasteiger partial charge in [-0.05, 0) is 0 Å². The van der Waals surface area contributed by atoms with Gasteiger partial charge in [0.2, 0.25) is 0 Å². The van der Waals surface area contributed by atoms with Gasteiger partial charge in [0.05, 0.1) is 26.4 Å². The molecule has 0 spiro atoms. The van der Waals surface area contributed by atoms with E-state index in [4.69, 9.17) is 26.0 Å². The zero-order chi connectivity index (χ0) is 8.53. The van der Waals surface area contributed by atoms with Crippen LogP contribution >= 0.6 is 0 Å². The summed E-state index contributed by atoms with van der Waals surface area (Å²) >= 11 is 0. The van der Waals surface area contributed by atoms with Crippen LogP contribution in [0.5, 0.6) is 0 Å². The van der Waals surface area contributed by atoms with Gasteiger partial charge >= 0.3 is 0 Å². The molecule has 0 amide bonds. The number of rotatable bonds is 7. The van der Waals surface area contributed by atoms with E-state index in [9.17, 15) is 0 Å². The Bertz CT molecular complexity index is 80.2. The van der Waals surface area contributed by atoms with E-state index in [1.54, 1.807) is 0 Å². The van der Waals surface area contributed by atoms with E-state index in [0.29, 0.717) is 26.4 Å². The molecule has 0 bridgehead atoms. The molecule has 0 aromatic heterocycles. The maximum absolute atomic E-state index is 8.55. The van der Waals surface area contributed by atoms with Crippen molar-refractivity contribution in [3.05, 3.63) is 0 Å². The molecular weight excluding hydrogens is 148 g/mol. The van der Waals surface area contributed by atoms with Crippen LogP contribution in [0.2, 0.25) is 0 Å². The van der Waals surface area contributed by atoms with Crippen molar-refractivity contribution in [1.82, 2.24) is 0 Å². The summed E-state index contributed by atoms with van der Waals surface area (Å²) in [5, 5.41) is 8.55. The Morgan fingerprint density at radius 2 is 1.82 bits per heavy atom. The van der Waals surface area contributed by atoms with E-state index in [1.807, 2.05) is 0 Å². The van der Waals surface area contributed by atoms with Gasteiger partial charge in [0, 0.05) is 6.54 Å². The second kappa shape index (κ2) is 7.90. The number of nitrogens with two attached hydrogens (primary N) is 2. The van der Waals surface area contributed by atoms with E-state index >= 15 is 0 Å². The first kappa shape index (κ1) is 10.8. The van der Waals surface area contributed by atoms with Gasteiger partial charge in [-0.3, -0.25) is 0 Å². The first-order valence-electron chi connectivity index (χ1n) is 3.56. The van der Waals surface area contributed by atoms with Crippen LogP contribution in [0, 0.1) is 0 Å². The van der Waals surface area contributed by atoms with Gasteiger partial charge in [-0.15, -0.1) is 0 Å². The Labute approximate surface area is 66.3 Å². The van der Waals surface area contributed by atoms with Crippen molar-refractivity contribution in [2.75, 3.05) is 33.0 Å². The van der Waals surface area contributed by atoms with E-state index in [1.165, 1.54) is 0 Å². The molecular formula is C6H16N2O3. The molecule has 0 saturated carbocycles. The summed E-state index contributed by atoms with van der Waals surface area (Å²) in [5.74, 6) is 0. The Kier molecular flexibility index (Phi) is 7.76. The number of hydrogen-bond donors (Lipinski definition) is 3. The highest BCUT2D eigenvalue weighted by molar-refractivity contribution is 4.39. The third kappa shape index (κ3) is 9.80. The molecule has 1 atom stereocenters. The standard InChI is InChI=1S/C6H16N2O3/c7-1-2-10-3-4-11-5-6(8)9/h6,9H,1-5,7-8H2/t6-/m1/s1. The maximum Gasteiger partial charge on any atom is 0.126 e. The fourth-order valence-corrected chi connectivity index (χ4v) is 0.507. The fourth-order valence-electron chi connectivity index (χ4n) is 0.507. The maximum atomic E-state index is 8.55. The molecule has 0 heterocycles. The molecule has 0 fully saturated rings. The summed E-state index contributed by atoms with van der Waals surface area (Å²) in [5.41, 5.74) is 10.2. The zero-order valence-electron chi connectivity index (χ0n) is 6.53. The average molecular weight is 164 g/mol. The van der Waals surface area contributed by atoms with Gasteiger partial charge < -0.3 is 26.0 Å². The molecule has 0 saturated heterocycles. The molecule has 0 unspecified atom stereocenters. The Morgan fingerprint density at radius 3 is 2.36 bits per heavy atom. The van der Waals surface area contributed by atoms with Gasteiger partial charge in [-0.2, -0.15) is 0 Å². The summed E-state index contributed by atoms with van der Waals surface area (Å²) in [6.45, 7) is 2.12. The van der Waals surface area contributed by atoms with Crippen molar-refractivity contribution in [3.8, 4) is 0 Å². The number of hydrogen-bond acceptors (Lipinski definition) is 5. The van der Waals surface area contributed by atoms with Gasteiger partial charge in [0.1, 0.15) is 6.23 Å². The van der Waals surface area contributed by atoms with E-state index < -0.39 is 6.23 Å². The van der Waals surface area contributed by atoms with Crippen LogP contribution in [0.25, 0.3) is 0 Å². The van der Waals surface area contributed by atoms with Crippen LogP contribution in [0.4, 0.5) is 0 Å².